The zero-order valence-electron chi connectivity index (χ0n) is 28.2. The SMILES string of the molecule is c1ccc(-c2ccc(-n3c4ccccc4c4cc5c6c(c7ccccc7n6-c6cccc7c6B5c5ccccc5N7c5ccccc5)c43)cc2)cc1. The van der Waals surface area contributed by atoms with Gasteiger partial charge in [-0.25, -0.2) is 0 Å². The molecule has 52 heavy (non-hydrogen) atoms. The van der Waals surface area contributed by atoms with Crippen LogP contribution in [0.15, 0.2) is 182 Å². The summed E-state index contributed by atoms with van der Waals surface area (Å²) in [7, 11) is 0. The number of para-hydroxylation sites is 4. The lowest BCUT2D eigenvalue weighted by Crippen LogP contribution is -2.60. The molecule has 4 heteroatoms. The van der Waals surface area contributed by atoms with Gasteiger partial charge in [-0.2, -0.15) is 0 Å². The highest BCUT2D eigenvalue weighted by Gasteiger charge is 2.42. The Labute approximate surface area is 301 Å². The molecule has 0 spiro atoms. The van der Waals surface area contributed by atoms with Crippen LogP contribution in [-0.4, -0.2) is 15.8 Å². The lowest BCUT2D eigenvalue weighted by atomic mass is 9.33. The second-order valence-electron chi connectivity index (χ2n) is 14.1. The summed E-state index contributed by atoms with van der Waals surface area (Å²) in [5.74, 6) is 0. The Bertz CT molecular complexity index is 3070. The van der Waals surface area contributed by atoms with Gasteiger partial charge in [-0.1, -0.05) is 127 Å². The van der Waals surface area contributed by atoms with Crippen LogP contribution in [0.4, 0.5) is 17.1 Å². The molecule has 240 valence electrons. The lowest BCUT2D eigenvalue weighted by molar-refractivity contribution is 1.17. The van der Waals surface area contributed by atoms with Crippen molar-refractivity contribution in [2.75, 3.05) is 4.90 Å². The maximum Gasteiger partial charge on any atom is 0.252 e. The number of aromatic nitrogens is 2. The van der Waals surface area contributed by atoms with Gasteiger partial charge in [0.2, 0.25) is 0 Å². The minimum absolute atomic E-state index is 0.0818. The summed E-state index contributed by atoms with van der Waals surface area (Å²) in [4.78, 5) is 2.46. The first-order valence-electron chi connectivity index (χ1n) is 18.1. The molecule has 4 heterocycles. The molecule has 2 aromatic heterocycles. The molecule has 2 aliphatic heterocycles. The third-order valence-electron chi connectivity index (χ3n) is 11.5. The van der Waals surface area contributed by atoms with E-state index in [2.05, 4.69) is 196 Å². The molecule has 0 amide bonds. The molecule has 0 fully saturated rings. The van der Waals surface area contributed by atoms with Crippen LogP contribution in [0, 0.1) is 0 Å². The van der Waals surface area contributed by atoms with Gasteiger partial charge in [-0.05, 0) is 82.1 Å². The standard InChI is InChI=1S/C48H30BN3/c1-3-14-31(15-4-1)32-26-28-34(29-27-32)51-40-21-10-7-18-35(40)37-30-39-48-45(47(37)51)36-19-8-11-22-41(36)52(48)44-25-13-24-43-46(44)49(39)38-20-9-12-23-42(38)50(43)33-16-5-2-6-17-33/h1-30H. The van der Waals surface area contributed by atoms with Crippen LogP contribution in [0.5, 0.6) is 0 Å². The van der Waals surface area contributed by atoms with Crippen molar-refractivity contribution in [2.24, 2.45) is 0 Å². The van der Waals surface area contributed by atoms with Crippen molar-refractivity contribution < 1.29 is 0 Å². The van der Waals surface area contributed by atoms with Gasteiger partial charge in [0.05, 0.1) is 22.1 Å². The van der Waals surface area contributed by atoms with Crippen LogP contribution in [0.1, 0.15) is 0 Å². The molecule has 3 nitrogen and oxygen atoms in total. The predicted molar refractivity (Wildman–Crippen MR) is 220 cm³/mol. The average Bonchev–Trinajstić information content (AvgIpc) is 3.74. The molecule has 0 N–H and O–H groups in total. The van der Waals surface area contributed by atoms with Crippen LogP contribution < -0.4 is 21.3 Å². The number of hydrogen-bond acceptors (Lipinski definition) is 1. The second-order valence-corrected chi connectivity index (χ2v) is 14.1. The minimum Gasteiger partial charge on any atom is -0.311 e. The van der Waals surface area contributed by atoms with Gasteiger partial charge in [0.1, 0.15) is 0 Å². The number of anilines is 3. The smallest absolute Gasteiger partial charge is 0.252 e. The van der Waals surface area contributed by atoms with Crippen molar-refractivity contribution >= 4 is 83.8 Å². The zero-order chi connectivity index (χ0) is 33.9. The van der Waals surface area contributed by atoms with Gasteiger partial charge >= 0.3 is 0 Å². The molecular formula is C48H30BN3. The number of hydrogen-bond donors (Lipinski definition) is 0. The van der Waals surface area contributed by atoms with Gasteiger partial charge < -0.3 is 14.0 Å². The van der Waals surface area contributed by atoms with Crippen molar-refractivity contribution in [1.82, 2.24) is 9.13 Å². The summed E-state index contributed by atoms with van der Waals surface area (Å²) >= 11 is 0. The maximum atomic E-state index is 2.56. The number of rotatable bonds is 3. The fraction of sp³-hybridized carbons (Fsp3) is 0. The Kier molecular flexibility index (Phi) is 5.58. The third kappa shape index (κ3) is 3.60. The molecule has 0 saturated carbocycles. The fourth-order valence-corrected chi connectivity index (χ4v) is 9.43. The Morgan fingerprint density at radius 1 is 0.365 bits per heavy atom. The molecule has 8 aromatic carbocycles. The fourth-order valence-electron chi connectivity index (χ4n) is 9.43. The van der Waals surface area contributed by atoms with Crippen LogP contribution in [-0.2, 0) is 0 Å². The van der Waals surface area contributed by atoms with Gasteiger partial charge in [0.25, 0.3) is 6.71 Å². The van der Waals surface area contributed by atoms with Gasteiger partial charge in [-0.15, -0.1) is 0 Å². The highest BCUT2D eigenvalue weighted by Crippen LogP contribution is 2.45. The molecule has 12 rings (SSSR count). The summed E-state index contributed by atoms with van der Waals surface area (Å²) in [5, 5.41) is 5.15. The van der Waals surface area contributed by atoms with E-state index in [1.165, 1.54) is 93.9 Å². The van der Waals surface area contributed by atoms with Crippen LogP contribution in [0.2, 0.25) is 0 Å². The van der Waals surface area contributed by atoms with E-state index < -0.39 is 0 Å². The minimum atomic E-state index is 0.0818. The van der Waals surface area contributed by atoms with E-state index in [1.54, 1.807) is 0 Å². The summed E-state index contributed by atoms with van der Waals surface area (Å²) in [6.45, 7) is 0.0818. The van der Waals surface area contributed by atoms with E-state index >= 15 is 0 Å². The Morgan fingerprint density at radius 3 is 1.79 bits per heavy atom. The van der Waals surface area contributed by atoms with E-state index in [1.807, 2.05) is 0 Å². The lowest BCUT2D eigenvalue weighted by Gasteiger charge is -2.40. The molecule has 0 atom stereocenters. The highest BCUT2D eigenvalue weighted by atomic mass is 15.2. The zero-order valence-corrected chi connectivity index (χ0v) is 28.2. The first-order valence-corrected chi connectivity index (χ1v) is 18.1. The van der Waals surface area contributed by atoms with E-state index in [0.29, 0.717) is 0 Å². The van der Waals surface area contributed by atoms with Crippen LogP contribution in [0.3, 0.4) is 0 Å². The Morgan fingerprint density at radius 2 is 0.981 bits per heavy atom. The van der Waals surface area contributed by atoms with E-state index in [4.69, 9.17) is 0 Å². The van der Waals surface area contributed by atoms with Crippen LogP contribution >= 0.6 is 0 Å². The van der Waals surface area contributed by atoms with Crippen molar-refractivity contribution in [2.45, 2.75) is 0 Å². The van der Waals surface area contributed by atoms with Crippen molar-refractivity contribution in [3.63, 3.8) is 0 Å². The largest absolute Gasteiger partial charge is 0.311 e. The summed E-state index contributed by atoms with van der Waals surface area (Å²) in [6.07, 6.45) is 0. The maximum absolute atomic E-state index is 2.56. The molecular weight excluding hydrogens is 629 g/mol. The van der Waals surface area contributed by atoms with E-state index in [-0.39, 0.29) is 6.71 Å². The molecule has 2 aliphatic rings. The molecule has 0 unspecified atom stereocenters. The monoisotopic (exact) mass is 659 g/mol. The number of benzene rings is 8. The Hall–Kier alpha value is -6.78. The topological polar surface area (TPSA) is 13.1 Å². The van der Waals surface area contributed by atoms with E-state index in [9.17, 15) is 0 Å². The van der Waals surface area contributed by atoms with E-state index in [0.717, 1.165) is 5.69 Å². The van der Waals surface area contributed by atoms with Crippen molar-refractivity contribution in [3.8, 4) is 22.5 Å². The molecule has 0 saturated heterocycles. The second kappa shape index (κ2) is 10.4. The summed E-state index contributed by atoms with van der Waals surface area (Å²) in [6, 6.07) is 67.0. The average molecular weight is 660 g/mol. The van der Waals surface area contributed by atoms with Gasteiger partial charge in [0, 0.05) is 50.0 Å². The van der Waals surface area contributed by atoms with Gasteiger partial charge in [0.15, 0.2) is 0 Å². The normalized spacial score (nSPS) is 12.9. The van der Waals surface area contributed by atoms with Crippen LogP contribution in [0.25, 0.3) is 66.1 Å². The number of nitrogens with zero attached hydrogens (tertiary/aromatic N) is 3. The quantitative estimate of drug-likeness (QED) is 0.172. The molecule has 0 aliphatic carbocycles. The highest BCUT2D eigenvalue weighted by molar-refractivity contribution is 7.00. The third-order valence-corrected chi connectivity index (χ3v) is 11.5. The number of fused-ring (bicyclic) bond motifs is 11. The first kappa shape index (κ1) is 28.0. The van der Waals surface area contributed by atoms with Crippen molar-refractivity contribution in [3.05, 3.63) is 182 Å². The molecule has 0 radical (unpaired) electrons. The summed E-state index contributed by atoms with van der Waals surface area (Å²) in [5.41, 5.74) is 17.6. The van der Waals surface area contributed by atoms with Crippen molar-refractivity contribution in [1.29, 1.82) is 0 Å². The predicted octanol–water partition coefficient (Wildman–Crippen LogP) is 10.2. The summed E-state index contributed by atoms with van der Waals surface area (Å²) < 4.78 is 5.07. The molecule has 0 bridgehead atoms. The van der Waals surface area contributed by atoms with Gasteiger partial charge in [-0.3, -0.25) is 0 Å². The molecule has 10 aromatic rings. The first-order chi connectivity index (χ1) is 25.8. The Balaban J connectivity index is 1.23.